The average Bonchev–Trinajstić information content (AvgIpc) is 3.55. The summed E-state index contributed by atoms with van der Waals surface area (Å²) < 4.78 is 8.49. The molecule has 0 aliphatic carbocycles. The third kappa shape index (κ3) is 4.94. The molecule has 0 spiro atoms. The van der Waals surface area contributed by atoms with E-state index >= 15 is 0 Å². The van der Waals surface area contributed by atoms with Gasteiger partial charge in [0.15, 0.2) is 0 Å². The molecule has 45 heavy (non-hydrogen) atoms. The molecule has 0 saturated heterocycles. The predicted octanol–water partition coefficient (Wildman–Crippen LogP) is 9.12. The Labute approximate surface area is 277 Å². The molecular weight excluding hydrogens is 738 g/mol. The summed E-state index contributed by atoms with van der Waals surface area (Å²) in [6, 6.07) is 38.3. The molecule has 0 atom stereocenters. The molecular formula is C38H30N5OPt-3. The van der Waals surface area contributed by atoms with Gasteiger partial charge in [0, 0.05) is 55.3 Å². The van der Waals surface area contributed by atoms with E-state index in [1.54, 1.807) is 6.20 Å². The molecule has 6 nitrogen and oxygen atoms in total. The Bertz CT molecular complexity index is 2220. The van der Waals surface area contributed by atoms with Crippen molar-refractivity contribution in [3.05, 3.63) is 128 Å². The van der Waals surface area contributed by atoms with Gasteiger partial charge in [-0.25, -0.2) is 4.98 Å². The number of aromatic nitrogens is 3. The maximum absolute atomic E-state index is 6.33. The van der Waals surface area contributed by atoms with E-state index in [1.807, 2.05) is 18.3 Å². The molecule has 4 aromatic carbocycles. The number of benzene rings is 4. The quantitative estimate of drug-likeness (QED) is 0.167. The normalized spacial score (nSPS) is 13.0. The first-order chi connectivity index (χ1) is 21.3. The third-order valence-electron chi connectivity index (χ3n) is 8.30. The van der Waals surface area contributed by atoms with Gasteiger partial charge in [0.25, 0.3) is 0 Å². The fourth-order valence-electron chi connectivity index (χ4n) is 6.13. The van der Waals surface area contributed by atoms with E-state index in [9.17, 15) is 0 Å². The topological polar surface area (TPSA) is 46.4 Å². The molecule has 0 fully saturated rings. The van der Waals surface area contributed by atoms with Gasteiger partial charge >= 0.3 is 0 Å². The minimum absolute atomic E-state index is 0. The van der Waals surface area contributed by atoms with Crippen LogP contribution in [0.15, 0.2) is 103 Å². The van der Waals surface area contributed by atoms with Crippen LogP contribution in [0.5, 0.6) is 11.6 Å². The summed E-state index contributed by atoms with van der Waals surface area (Å²) in [5, 5.41) is 4.64. The second-order valence-electron chi connectivity index (χ2n) is 12.2. The maximum Gasteiger partial charge on any atom is 0.135 e. The fourth-order valence-corrected chi connectivity index (χ4v) is 6.13. The fraction of sp³-hybridized carbons (Fsp3) is 0.132. The van der Waals surface area contributed by atoms with Crippen LogP contribution in [0, 0.1) is 18.8 Å². The molecule has 0 bridgehead atoms. The molecule has 4 heterocycles. The van der Waals surface area contributed by atoms with Crippen molar-refractivity contribution in [1.82, 2.24) is 14.5 Å². The van der Waals surface area contributed by atoms with Gasteiger partial charge in [-0.3, -0.25) is 4.98 Å². The zero-order chi connectivity index (χ0) is 30.0. The van der Waals surface area contributed by atoms with Crippen LogP contribution < -0.4 is 14.5 Å². The summed E-state index contributed by atoms with van der Waals surface area (Å²) in [4.78, 5) is 13.5. The van der Waals surface area contributed by atoms with E-state index in [0.29, 0.717) is 11.6 Å². The van der Waals surface area contributed by atoms with Crippen LogP contribution in [0.3, 0.4) is 0 Å². The Hall–Kier alpha value is -4.67. The van der Waals surface area contributed by atoms with Gasteiger partial charge in [-0.05, 0) is 59.3 Å². The molecule has 1 aliphatic rings. The predicted molar refractivity (Wildman–Crippen MR) is 178 cm³/mol. The zero-order valence-corrected chi connectivity index (χ0v) is 27.6. The number of para-hydroxylation sites is 1. The van der Waals surface area contributed by atoms with Crippen molar-refractivity contribution in [2.45, 2.75) is 26.2 Å². The van der Waals surface area contributed by atoms with Crippen molar-refractivity contribution in [2.75, 3.05) is 16.8 Å². The van der Waals surface area contributed by atoms with Crippen LogP contribution in [0.2, 0.25) is 0 Å². The van der Waals surface area contributed by atoms with Crippen molar-refractivity contribution >= 4 is 49.6 Å². The van der Waals surface area contributed by atoms with Gasteiger partial charge in [-0.1, -0.05) is 74.8 Å². The van der Waals surface area contributed by atoms with Gasteiger partial charge in [-0.15, -0.1) is 17.5 Å². The summed E-state index contributed by atoms with van der Waals surface area (Å²) in [6.45, 7) is 8.72. The second kappa shape index (κ2) is 11.0. The Morgan fingerprint density at radius 1 is 0.778 bits per heavy atom. The summed E-state index contributed by atoms with van der Waals surface area (Å²) in [5.41, 5.74) is 6.27. The molecule has 226 valence electrons. The Kier molecular flexibility index (Phi) is 7.13. The molecule has 0 radical (unpaired) electrons. The van der Waals surface area contributed by atoms with Crippen LogP contribution in [-0.2, 0) is 26.5 Å². The number of hydrogen-bond acceptors (Lipinski definition) is 5. The zero-order valence-electron chi connectivity index (χ0n) is 25.4. The van der Waals surface area contributed by atoms with E-state index in [4.69, 9.17) is 9.72 Å². The molecule has 8 rings (SSSR count). The van der Waals surface area contributed by atoms with Crippen molar-refractivity contribution < 1.29 is 25.8 Å². The number of nitrogens with zero attached hydrogens (tertiary/aromatic N) is 5. The number of fused-ring (bicyclic) bond motifs is 6. The monoisotopic (exact) mass is 767 g/mol. The summed E-state index contributed by atoms with van der Waals surface area (Å²) in [7, 11) is 2.07. The van der Waals surface area contributed by atoms with Gasteiger partial charge in [0.2, 0.25) is 0 Å². The van der Waals surface area contributed by atoms with E-state index in [0.717, 1.165) is 44.7 Å². The first-order valence-corrected chi connectivity index (χ1v) is 14.7. The average molecular weight is 768 g/mol. The van der Waals surface area contributed by atoms with Gasteiger partial charge in [-0.2, -0.15) is 30.6 Å². The van der Waals surface area contributed by atoms with Crippen LogP contribution in [0.4, 0.5) is 17.1 Å². The first-order valence-electron chi connectivity index (χ1n) is 14.7. The SMILES string of the molecule is CN1[CH-]N(c2[c-]c(Oc3[c-]c4c(cc3)c3ccccc3n4-c3cc(C(C)(C)C)ccn3)ncc2)c2ccc3ccccc3c21.[Pt]. The molecule has 3 aromatic heterocycles. The van der Waals surface area contributed by atoms with Gasteiger partial charge in [0.1, 0.15) is 11.7 Å². The van der Waals surface area contributed by atoms with Crippen LogP contribution in [0.25, 0.3) is 38.4 Å². The van der Waals surface area contributed by atoms with Crippen LogP contribution >= 0.6 is 0 Å². The Morgan fingerprint density at radius 3 is 2.40 bits per heavy atom. The van der Waals surface area contributed by atoms with E-state index in [1.165, 1.54) is 16.3 Å². The molecule has 7 aromatic rings. The number of hydrogen-bond donors (Lipinski definition) is 0. The van der Waals surface area contributed by atoms with Gasteiger partial charge < -0.3 is 19.1 Å². The van der Waals surface area contributed by atoms with E-state index in [2.05, 4.69) is 145 Å². The first kappa shape index (κ1) is 29.1. The smallest absolute Gasteiger partial charge is 0.135 e. The minimum Gasteiger partial charge on any atom is -0.503 e. The largest absolute Gasteiger partial charge is 0.503 e. The standard InChI is InChI=1S/C38H30N5O.Pt/c1-38(2,3)26-17-19-39-35(21-26)43-32-12-8-7-11-30(32)31-15-14-28(23-34(31)43)44-36-22-27(18-20-40-36)42-24-41(4)37-29-10-6-5-9-25(29)13-16-33(37)42;/h5-21,24H,1-4H3;/q-3;. The molecule has 0 saturated carbocycles. The number of ether oxygens (including phenoxy) is 1. The number of anilines is 3. The maximum atomic E-state index is 6.33. The summed E-state index contributed by atoms with van der Waals surface area (Å²) in [6.07, 6.45) is 3.64. The second-order valence-corrected chi connectivity index (χ2v) is 12.2. The number of rotatable bonds is 4. The van der Waals surface area contributed by atoms with Crippen molar-refractivity contribution in [3.63, 3.8) is 0 Å². The molecule has 0 N–H and O–H groups in total. The van der Waals surface area contributed by atoms with Crippen molar-refractivity contribution in [1.29, 1.82) is 0 Å². The van der Waals surface area contributed by atoms with Gasteiger partial charge in [0.05, 0.1) is 0 Å². The van der Waals surface area contributed by atoms with Crippen molar-refractivity contribution in [3.8, 4) is 17.4 Å². The minimum atomic E-state index is -0.00382. The molecule has 0 unspecified atom stereocenters. The van der Waals surface area contributed by atoms with Crippen LogP contribution in [-0.4, -0.2) is 21.6 Å². The Balaban J connectivity index is 0.00000325. The molecule has 1 aliphatic heterocycles. The van der Waals surface area contributed by atoms with E-state index in [-0.39, 0.29) is 26.5 Å². The summed E-state index contributed by atoms with van der Waals surface area (Å²) in [5.74, 6) is 1.78. The van der Waals surface area contributed by atoms with Crippen molar-refractivity contribution in [2.24, 2.45) is 0 Å². The molecule has 7 heteroatoms. The Morgan fingerprint density at radius 2 is 1.56 bits per heavy atom. The molecule has 0 amide bonds. The third-order valence-corrected chi connectivity index (χ3v) is 8.30. The number of pyridine rings is 2. The van der Waals surface area contributed by atoms with Crippen LogP contribution in [0.1, 0.15) is 26.3 Å². The van der Waals surface area contributed by atoms with E-state index < -0.39 is 0 Å². The summed E-state index contributed by atoms with van der Waals surface area (Å²) >= 11 is 0.